The van der Waals surface area contributed by atoms with Crippen LogP contribution in [0.25, 0.3) is 11.3 Å². The number of rotatable bonds is 13. The number of likely N-dealkylation sites (tertiary alicyclic amines) is 1. The minimum Gasteiger partial charge on any atom is -0.453 e. The molecule has 7 rings (SSSR count). The lowest BCUT2D eigenvalue weighted by Gasteiger charge is -2.34. The highest BCUT2D eigenvalue weighted by molar-refractivity contribution is 6.02. The smallest absolute Gasteiger partial charge is 0.407 e. The molecular weight excluding hydrogens is 820 g/mol. The van der Waals surface area contributed by atoms with Gasteiger partial charge in [0.25, 0.3) is 0 Å². The first kappa shape index (κ1) is 45.6. The Morgan fingerprint density at radius 1 is 0.703 bits per heavy atom. The van der Waals surface area contributed by atoms with Crippen LogP contribution < -0.4 is 25.8 Å². The molecule has 1 aromatic heterocycles. The zero-order chi connectivity index (χ0) is 45.7. The van der Waals surface area contributed by atoms with Gasteiger partial charge >= 0.3 is 12.2 Å². The summed E-state index contributed by atoms with van der Waals surface area (Å²) in [6.07, 6.45) is 5.05. The lowest BCUT2D eigenvalue weighted by Crippen LogP contribution is -2.54. The van der Waals surface area contributed by atoms with Crippen molar-refractivity contribution >= 4 is 41.3 Å². The fourth-order valence-electron chi connectivity index (χ4n) is 9.41. The van der Waals surface area contributed by atoms with Crippen molar-refractivity contribution in [3.8, 4) is 11.3 Å². The van der Waals surface area contributed by atoms with Gasteiger partial charge in [0.05, 0.1) is 44.2 Å². The molecule has 16 heteroatoms. The Morgan fingerprint density at radius 2 is 1.27 bits per heavy atom. The number of aromatic amines is 1. The van der Waals surface area contributed by atoms with E-state index >= 15 is 0 Å². The van der Waals surface area contributed by atoms with Crippen LogP contribution in [0, 0.1) is 17.7 Å². The molecule has 15 nitrogen and oxygen atoms in total. The van der Waals surface area contributed by atoms with Gasteiger partial charge in [-0.15, -0.1) is 0 Å². The van der Waals surface area contributed by atoms with Crippen LogP contribution in [-0.4, -0.2) is 90.2 Å². The Hall–Kier alpha value is -6.45. The minimum absolute atomic E-state index is 0.000361. The normalized spacial score (nSPS) is 20.6. The Morgan fingerprint density at radius 3 is 1.86 bits per heavy atom. The molecule has 0 saturated carbocycles. The van der Waals surface area contributed by atoms with Crippen LogP contribution in [0.2, 0.25) is 0 Å². The third-order valence-electron chi connectivity index (χ3n) is 12.8. The number of imidazole rings is 1. The molecule has 5 amide bonds. The number of amides is 5. The lowest BCUT2D eigenvalue weighted by molar-refractivity contribution is -0.135. The van der Waals surface area contributed by atoms with E-state index < -0.39 is 42.1 Å². The number of H-pyrrole nitrogens is 1. The first-order valence-corrected chi connectivity index (χ1v) is 22.2. The number of aromatic nitrogens is 2. The van der Waals surface area contributed by atoms with E-state index in [9.17, 15) is 28.4 Å². The van der Waals surface area contributed by atoms with Gasteiger partial charge in [-0.05, 0) is 103 Å². The highest BCUT2D eigenvalue weighted by atomic mass is 19.1. The van der Waals surface area contributed by atoms with E-state index in [2.05, 4.69) is 67.0 Å². The van der Waals surface area contributed by atoms with Gasteiger partial charge < -0.3 is 39.8 Å². The third-order valence-corrected chi connectivity index (χ3v) is 12.8. The quantitative estimate of drug-likeness (QED) is 0.106. The van der Waals surface area contributed by atoms with Crippen molar-refractivity contribution in [1.29, 1.82) is 0 Å². The number of methoxy groups -OCH3 is 2. The number of hydrogen-bond acceptors (Lipinski definition) is 10. The van der Waals surface area contributed by atoms with Crippen molar-refractivity contribution in [2.45, 2.75) is 102 Å². The van der Waals surface area contributed by atoms with Gasteiger partial charge in [-0.1, -0.05) is 64.1 Å². The second-order valence-electron chi connectivity index (χ2n) is 17.5. The molecule has 0 bridgehead atoms. The fourth-order valence-corrected chi connectivity index (χ4v) is 9.41. The first-order chi connectivity index (χ1) is 30.8. The molecule has 4 N–H and O–H groups in total. The van der Waals surface area contributed by atoms with Gasteiger partial charge in [-0.25, -0.2) is 19.0 Å². The third kappa shape index (κ3) is 9.85. The van der Waals surface area contributed by atoms with Crippen LogP contribution in [0.4, 0.5) is 25.4 Å². The number of anilines is 2. The Kier molecular flexibility index (Phi) is 14.2. The van der Waals surface area contributed by atoms with E-state index in [1.807, 2.05) is 43.0 Å². The highest BCUT2D eigenvalue weighted by Gasteiger charge is 2.39. The number of imide groups is 1. The van der Waals surface area contributed by atoms with Crippen LogP contribution >= 0.6 is 0 Å². The number of halogens is 1. The van der Waals surface area contributed by atoms with Crippen LogP contribution in [0.1, 0.15) is 101 Å². The summed E-state index contributed by atoms with van der Waals surface area (Å²) >= 11 is 0. The summed E-state index contributed by atoms with van der Waals surface area (Å²) < 4.78 is 23.7. The Balaban J connectivity index is 1.06. The van der Waals surface area contributed by atoms with Gasteiger partial charge in [0.1, 0.15) is 29.8 Å². The molecule has 3 fully saturated rings. The van der Waals surface area contributed by atoms with Crippen molar-refractivity contribution in [3.05, 3.63) is 102 Å². The maximum atomic E-state index is 14.3. The van der Waals surface area contributed by atoms with Gasteiger partial charge in [0, 0.05) is 24.5 Å². The number of nitrogens with zero attached hydrogens (tertiary/aromatic N) is 4. The second-order valence-corrected chi connectivity index (χ2v) is 17.5. The van der Waals surface area contributed by atoms with E-state index in [0.29, 0.717) is 25.3 Å². The van der Waals surface area contributed by atoms with E-state index in [1.165, 1.54) is 26.4 Å². The van der Waals surface area contributed by atoms with Crippen molar-refractivity contribution in [3.63, 3.8) is 0 Å². The average Bonchev–Trinajstić information content (AvgIpc) is 4.14. The molecule has 0 unspecified atom stereocenters. The Bertz CT molecular complexity index is 2280. The molecule has 4 heterocycles. The predicted molar refractivity (Wildman–Crippen MR) is 240 cm³/mol. The number of benzene rings is 3. The lowest BCUT2D eigenvalue weighted by atomic mass is 10.0. The Labute approximate surface area is 373 Å². The summed E-state index contributed by atoms with van der Waals surface area (Å²) in [7, 11) is 2.50. The summed E-state index contributed by atoms with van der Waals surface area (Å²) in [6.45, 7) is 8.56. The van der Waals surface area contributed by atoms with Crippen LogP contribution in [0.15, 0.2) is 79.0 Å². The van der Waals surface area contributed by atoms with Gasteiger partial charge in [0.2, 0.25) is 17.7 Å². The molecule has 6 atom stereocenters. The SMILES string of the molecule is COC(=O)N[C@H](C(=O)NC(=O)[C@@H]1CCCN1c1ccc([C@@H]2CC[C@@H](c3ccc(-c4cnc([C@@H]5CCCN5C(=O)[C@@H](NC(=O)OC)C(C)C)[nH]4)cc3)N2c2ccc(F)cc2)cc1)C(C)C. The molecule has 3 aromatic carbocycles. The summed E-state index contributed by atoms with van der Waals surface area (Å²) in [6, 6.07) is 20.7. The summed E-state index contributed by atoms with van der Waals surface area (Å²) in [4.78, 5) is 78.5. The van der Waals surface area contributed by atoms with Crippen molar-refractivity contribution in [2.24, 2.45) is 11.8 Å². The van der Waals surface area contributed by atoms with Gasteiger partial charge in [0.15, 0.2) is 0 Å². The molecule has 4 aromatic rings. The highest BCUT2D eigenvalue weighted by Crippen LogP contribution is 2.47. The number of alkyl carbamates (subject to hydrolysis) is 2. The summed E-state index contributed by atoms with van der Waals surface area (Å²) in [5, 5.41) is 7.74. The number of hydrogen-bond donors (Lipinski definition) is 4. The molecule has 0 spiro atoms. The van der Waals surface area contributed by atoms with E-state index in [0.717, 1.165) is 65.9 Å². The van der Waals surface area contributed by atoms with E-state index in [-0.39, 0.29) is 41.7 Å². The van der Waals surface area contributed by atoms with E-state index in [1.54, 1.807) is 24.9 Å². The monoisotopic (exact) mass is 878 g/mol. The van der Waals surface area contributed by atoms with Crippen molar-refractivity contribution in [2.75, 3.05) is 37.1 Å². The molecule has 64 heavy (non-hydrogen) atoms. The fraction of sp³-hybridized carbons (Fsp3) is 0.458. The van der Waals surface area contributed by atoms with Crippen LogP contribution in [0.5, 0.6) is 0 Å². The summed E-state index contributed by atoms with van der Waals surface area (Å²) in [5.41, 5.74) is 5.74. The molecule has 3 aliphatic heterocycles. The predicted octanol–water partition coefficient (Wildman–Crippen LogP) is 7.33. The van der Waals surface area contributed by atoms with Crippen LogP contribution in [0.3, 0.4) is 0 Å². The van der Waals surface area contributed by atoms with E-state index in [4.69, 9.17) is 9.72 Å². The maximum Gasteiger partial charge on any atom is 0.407 e. The molecular formula is C48H59FN8O7. The summed E-state index contributed by atoms with van der Waals surface area (Å²) in [5.74, 6) is -1.17. The largest absolute Gasteiger partial charge is 0.453 e. The topological polar surface area (TPSA) is 178 Å². The number of ether oxygens (including phenoxy) is 2. The standard InChI is InChI=1S/C48H59FN8O7/c1-28(2)41(52-47(61)63-5)45(59)54-44(58)40-10-8-25-55(40)34-19-15-32(16-20-34)38-24-23-37(57(38)35-21-17-33(49)18-22-35)31-13-11-30(12-14-31)36-27-50-43(51-36)39-9-7-26-56(39)46(60)42(29(3)4)53-48(62)64-6/h11-22,27-29,37-42H,7-10,23-26H2,1-6H3,(H,50,51)(H,52,61)(H,53,62)(H,54,58,59)/t37-,38-,39-,40-,41-,42-/m0/s1. The number of carbonyl (C=O) groups excluding carboxylic acids is 5. The van der Waals surface area contributed by atoms with Gasteiger partial charge in [-0.3, -0.25) is 19.7 Å². The average molecular weight is 879 g/mol. The molecule has 0 radical (unpaired) electrons. The second kappa shape index (κ2) is 19.9. The zero-order valence-corrected chi connectivity index (χ0v) is 37.3. The maximum absolute atomic E-state index is 14.3. The minimum atomic E-state index is -0.927. The number of nitrogens with one attached hydrogen (secondary N) is 4. The zero-order valence-electron chi connectivity index (χ0n) is 37.3. The van der Waals surface area contributed by atoms with Crippen molar-refractivity contribution in [1.82, 2.24) is 30.8 Å². The molecule has 3 saturated heterocycles. The van der Waals surface area contributed by atoms with Crippen molar-refractivity contribution < 1.29 is 37.8 Å². The molecule has 0 aliphatic carbocycles. The molecule has 3 aliphatic rings. The van der Waals surface area contributed by atoms with Gasteiger partial charge in [-0.2, -0.15) is 0 Å². The number of carbonyl (C=O) groups is 5. The van der Waals surface area contributed by atoms with Crippen LogP contribution in [-0.2, 0) is 23.9 Å². The molecule has 340 valence electrons. The first-order valence-electron chi connectivity index (χ1n) is 22.2.